The summed E-state index contributed by atoms with van der Waals surface area (Å²) in [5.41, 5.74) is 10.7. The van der Waals surface area contributed by atoms with Gasteiger partial charge in [0.1, 0.15) is 5.01 Å². The van der Waals surface area contributed by atoms with Crippen molar-refractivity contribution in [2.45, 2.75) is 32.7 Å². The van der Waals surface area contributed by atoms with Crippen LogP contribution >= 0.6 is 11.3 Å². The number of aryl methyl sites for hydroxylation is 2. The van der Waals surface area contributed by atoms with E-state index in [1.807, 2.05) is 38.4 Å². The van der Waals surface area contributed by atoms with Crippen LogP contribution in [-0.4, -0.2) is 24.5 Å². The topological polar surface area (TPSA) is 80.0 Å². The lowest BCUT2D eigenvalue weighted by Gasteiger charge is -2.08. The maximum absolute atomic E-state index is 12.5. The van der Waals surface area contributed by atoms with Crippen LogP contribution in [0.3, 0.4) is 0 Å². The molecule has 0 saturated heterocycles. The second-order valence-electron chi connectivity index (χ2n) is 7.04. The summed E-state index contributed by atoms with van der Waals surface area (Å²) in [7, 11) is 1.86. The fourth-order valence-corrected chi connectivity index (χ4v) is 3.97. The van der Waals surface area contributed by atoms with Gasteiger partial charge in [0, 0.05) is 34.9 Å². The van der Waals surface area contributed by atoms with E-state index in [-0.39, 0.29) is 5.91 Å². The molecule has 2 aromatic carbocycles. The summed E-state index contributed by atoms with van der Waals surface area (Å²) in [6, 6.07) is 14.2. The number of thiazole rings is 1. The number of carbonyl (C=O) groups excluding carboxylic acids is 1. The van der Waals surface area contributed by atoms with E-state index in [0.717, 1.165) is 52.5 Å². The van der Waals surface area contributed by atoms with Gasteiger partial charge in [-0.25, -0.2) is 4.98 Å². The summed E-state index contributed by atoms with van der Waals surface area (Å²) in [4.78, 5) is 18.0. The summed E-state index contributed by atoms with van der Waals surface area (Å²) in [6.45, 7) is 3.23. The fraction of sp³-hybridized carbons (Fsp3) is 0.304. The molecule has 0 aliphatic carbocycles. The van der Waals surface area contributed by atoms with Crippen molar-refractivity contribution in [2.24, 2.45) is 5.73 Å². The molecule has 1 amide bonds. The van der Waals surface area contributed by atoms with Crippen LogP contribution in [0, 0.1) is 6.92 Å². The first-order valence-electron chi connectivity index (χ1n) is 9.91. The van der Waals surface area contributed by atoms with E-state index in [9.17, 15) is 4.79 Å². The first kappa shape index (κ1) is 21.0. The lowest BCUT2D eigenvalue weighted by atomic mass is 10.1. The van der Waals surface area contributed by atoms with Gasteiger partial charge in [0.2, 0.25) is 0 Å². The summed E-state index contributed by atoms with van der Waals surface area (Å²) in [5, 5.41) is 7.06. The zero-order valence-corrected chi connectivity index (χ0v) is 17.8. The Morgan fingerprint density at radius 1 is 1.14 bits per heavy atom. The highest BCUT2D eigenvalue weighted by Crippen LogP contribution is 2.26. The highest BCUT2D eigenvalue weighted by Gasteiger charge is 2.10. The molecule has 0 saturated carbocycles. The minimum Gasteiger partial charge on any atom is -0.388 e. The molecule has 0 bridgehead atoms. The molecule has 6 heteroatoms. The van der Waals surface area contributed by atoms with Crippen LogP contribution in [0.25, 0.3) is 10.6 Å². The van der Waals surface area contributed by atoms with E-state index < -0.39 is 0 Å². The third-order valence-corrected chi connectivity index (χ3v) is 5.91. The molecule has 0 unspecified atom stereocenters. The van der Waals surface area contributed by atoms with Crippen molar-refractivity contribution in [1.29, 1.82) is 0 Å². The molecule has 3 aromatic rings. The number of hydrogen-bond donors (Lipinski definition) is 3. The van der Waals surface area contributed by atoms with Gasteiger partial charge in [-0.2, -0.15) is 0 Å². The Morgan fingerprint density at radius 2 is 1.93 bits per heavy atom. The first-order chi connectivity index (χ1) is 14.1. The molecule has 29 heavy (non-hydrogen) atoms. The smallest absolute Gasteiger partial charge is 0.251 e. The summed E-state index contributed by atoms with van der Waals surface area (Å²) in [6.07, 6.45) is 5.07. The zero-order chi connectivity index (χ0) is 20.6. The van der Waals surface area contributed by atoms with Crippen molar-refractivity contribution in [2.75, 3.05) is 18.9 Å². The van der Waals surface area contributed by atoms with Gasteiger partial charge in [0.05, 0.1) is 6.54 Å². The Balaban J connectivity index is 1.58. The Kier molecular flexibility index (Phi) is 7.38. The van der Waals surface area contributed by atoms with Crippen LogP contribution in [0.1, 0.15) is 39.2 Å². The molecule has 1 heterocycles. The molecule has 4 N–H and O–H groups in total. The standard InChI is InChI=1S/C23H28N4OS/c1-16-6-9-19(13-21(16)25-2)22(28)26-14-20-15-27-23(29-20)18-10-7-17(8-11-18)5-3-4-12-24/h6-11,13,15,25H,3-5,12,14,24H2,1-2H3,(H,26,28). The molecule has 5 nitrogen and oxygen atoms in total. The molecule has 0 atom stereocenters. The number of amides is 1. The largest absolute Gasteiger partial charge is 0.388 e. The predicted molar refractivity (Wildman–Crippen MR) is 121 cm³/mol. The summed E-state index contributed by atoms with van der Waals surface area (Å²) in [5.74, 6) is -0.0849. The van der Waals surface area contributed by atoms with Crippen LogP contribution < -0.4 is 16.4 Å². The van der Waals surface area contributed by atoms with Crippen molar-refractivity contribution >= 4 is 22.9 Å². The van der Waals surface area contributed by atoms with Crippen LogP contribution in [0.15, 0.2) is 48.7 Å². The van der Waals surface area contributed by atoms with Gasteiger partial charge in [0.15, 0.2) is 0 Å². The van der Waals surface area contributed by atoms with E-state index >= 15 is 0 Å². The highest BCUT2D eigenvalue weighted by atomic mass is 32.1. The Labute approximate surface area is 176 Å². The first-order valence-corrected chi connectivity index (χ1v) is 10.7. The lowest BCUT2D eigenvalue weighted by Crippen LogP contribution is -2.22. The number of nitrogens with one attached hydrogen (secondary N) is 2. The maximum Gasteiger partial charge on any atom is 0.251 e. The third kappa shape index (κ3) is 5.65. The highest BCUT2D eigenvalue weighted by molar-refractivity contribution is 7.15. The Hall–Kier alpha value is -2.70. The number of nitrogens with zero attached hydrogens (tertiary/aromatic N) is 1. The molecule has 0 radical (unpaired) electrons. The maximum atomic E-state index is 12.5. The number of rotatable bonds is 9. The quantitative estimate of drug-likeness (QED) is 0.459. The molecule has 0 aliphatic rings. The molecular weight excluding hydrogens is 380 g/mol. The Bertz CT molecular complexity index is 950. The third-order valence-electron chi connectivity index (χ3n) is 4.87. The molecule has 1 aromatic heterocycles. The van der Waals surface area contributed by atoms with E-state index in [1.165, 1.54) is 5.56 Å². The van der Waals surface area contributed by atoms with Gasteiger partial charge in [-0.1, -0.05) is 30.3 Å². The predicted octanol–water partition coefficient (Wildman–Crippen LogP) is 4.37. The van der Waals surface area contributed by atoms with Crippen molar-refractivity contribution in [3.8, 4) is 10.6 Å². The van der Waals surface area contributed by atoms with E-state index in [1.54, 1.807) is 11.3 Å². The minimum absolute atomic E-state index is 0.0849. The number of benzene rings is 2. The SMILES string of the molecule is CNc1cc(C(=O)NCc2cnc(-c3ccc(CCCCN)cc3)s2)ccc1C. The molecular formula is C23H28N4OS. The minimum atomic E-state index is -0.0849. The molecule has 0 spiro atoms. The van der Waals surface area contributed by atoms with E-state index in [0.29, 0.717) is 12.1 Å². The number of hydrogen-bond acceptors (Lipinski definition) is 5. The number of aromatic nitrogens is 1. The second-order valence-corrected chi connectivity index (χ2v) is 8.15. The van der Waals surface area contributed by atoms with Gasteiger partial charge in [-0.15, -0.1) is 11.3 Å². The molecule has 0 aliphatic heterocycles. The van der Waals surface area contributed by atoms with Crippen LogP contribution in [-0.2, 0) is 13.0 Å². The molecule has 152 valence electrons. The summed E-state index contributed by atoms with van der Waals surface area (Å²) < 4.78 is 0. The average molecular weight is 409 g/mol. The number of unbranched alkanes of at least 4 members (excludes halogenated alkanes) is 1. The van der Waals surface area contributed by atoms with Gasteiger partial charge in [-0.05, 0) is 56.0 Å². The monoisotopic (exact) mass is 408 g/mol. The van der Waals surface area contributed by atoms with Gasteiger partial charge in [-0.3, -0.25) is 4.79 Å². The van der Waals surface area contributed by atoms with Gasteiger partial charge >= 0.3 is 0 Å². The van der Waals surface area contributed by atoms with Gasteiger partial charge in [0.25, 0.3) is 5.91 Å². The van der Waals surface area contributed by atoms with Gasteiger partial charge < -0.3 is 16.4 Å². The van der Waals surface area contributed by atoms with Crippen LogP contribution in [0.2, 0.25) is 0 Å². The number of anilines is 1. The van der Waals surface area contributed by atoms with Crippen molar-refractivity contribution in [3.05, 3.63) is 70.2 Å². The Morgan fingerprint density at radius 3 is 2.66 bits per heavy atom. The van der Waals surface area contributed by atoms with E-state index in [4.69, 9.17) is 5.73 Å². The molecule has 3 rings (SSSR count). The molecule has 0 fully saturated rings. The van der Waals surface area contributed by atoms with Crippen molar-refractivity contribution in [3.63, 3.8) is 0 Å². The summed E-state index contributed by atoms with van der Waals surface area (Å²) >= 11 is 1.61. The second kappa shape index (κ2) is 10.2. The number of carbonyl (C=O) groups is 1. The van der Waals surface area contributed by atoms with Crippen molar-refractivity contribution < 1.29 is 4.79 Å². The zero-order valence-electron chi connectivity index (χ0n) is 17.0. The van der Waals surface area contributed by atoms with Crippen LogP contribution in [0.5, 0.6) is 0 Å². The fourth-order valence-electron chi connectivity index (χ4n) is 3.11. The average Bonchev–Trinajstić information content (AvgIpc) is 3.22. The van der Waals surface area contributed by atoms with E-state index in [2.05, 4.69) is 39.9 Å². The lowest BCUT2D eigenvalue weighted by molar-refractivity contribution is 0.0951. The van der Waals surface area contributed by atoms with Crippen LogP contribution in [0.4, 0.5) is 5.69 Å². The van der Waals surface area contributed by atoms with Crippen molar-refractivity contribution in [1.82, 2.24) is 10.3 Å². The normalized spacial score (nSPS) is 10.7. The number of nitrogens with two attached hydrogens (primary N) is 1.